The normalized spacial score (nSPS) is 21.3. The molecule has 2 fully saturated rings. The van der Waals surface area contributed by atoms with Gasteiger partial charge in [0, 0.05) is 35.1 Å². The van der Waals surface area contributed by atoms with E-state index in [-0.39, 0.29) is 29.0 Å². The molecule has 212 valence electrons. The second-order valence-electron chi connectivity index (χ2n) is 12.6. The van der Waals surface area contributed by atoms with Gasteiger partial charge in [-0.1, -0.05) is 20.8 Å². The molecule has 10 heteroatoms. The summed E-state index contributed by atoms with van der Waals surface area (Å²) < 4.78 is 14.8. The number of nitrogens with one attached hydrogen (secondary N) is 1. The lowest BCUT2D eigenvalue weighted by atomic mass is 9.99. The zero-order valence-corrected chi connectivity index (χ0v) is 25.4. The van der Waals surface area contributed by atoms with E-state index in [4.69, 9.17) is 25.3 Å². The van der Waals surface area contributed by atoms with Crippen LogP contribution >= 0.6 is 0 Å². The number of anilines is 2. The van der Waals surface area contributed by atoms with Crippen LogP contribution in [0, 0.1) is 30.1 Å². The highest BCUT2D eigenvalue weighted by atomic mass is 28.4. The molecule has 1 aliphatic heterocycles. The predicted molar refractivity (Wildman–Crippen MR) is 159 cm³/mol. The van der Waals surface area contributed by atoms with Crippen LogP contribution < -0.4 is 11.1 Å². The lowest BCUT2D eigenvalue weighted by molar-refractivity contribution is -0.117. The first-order valence-electron chi connectivity index (χ1n) is 14.1. The highest BCUT2D eigenvalue weighted by Gasteiger charge is 2.43. The molecule has 3 atom stereocenters. The van der Waals surface area contributed by atoms with Gasteiger partial charge in [-0.2, -0.15) is 10.4 Å². The number of ether oxygens (including phenoxy) is 1. The van der Waals surface area contributed by atoms with E-state index in [1.54, 1.807) is 6.20 Å². The van der Waals surface area contributed by atoms with Crippen molar-refractivity contribution in [2.75, 3.05) is 17.7 Å². The number of benzene rings is 1. The van der Waals surface area contributed by atoms with Crippen LogP contribution in [0.15, 0.2) is 24.4 Å². The largest absolute Gasteiger partial charge is 0.411 e. The van der Waals surface area contributed by atoms with E-state index < -0.39 is 8.32 Å². The first-order chi connectivity index (χ1) is 18.9. The molecule has 0 bridgehead atoms. The van der Waals surface area contributed by atoms with Crippen molar-refractivity contribution < 1.29 is 14.0 Å². The van der Waals surface area contributed by atoms with Gasteiger partial charge in [-0.25, -0.2) is 9.67 Å². The Hall–Kier alpha value is -3.26. The number of aromatic nitrogens is 3. The predicted octanol–water partition coefficient (Wildman–Crippen LogP) is 6.31. The van der Waals surface area contributed by atoms with Crippen molar-refractivity contribution in [2.24, 2.45) is 11.8 Å². The van der Waals surface area contributed by atoms with Gasteiger partial charge in [0.25, 0.3) is 0 Å². The van der Waals surface area contributed by atoms with Crippen molar-refractivity contribution in [3.63, 3.8) is 0 Å². The molecule has 3 unspecified atom stereocenters. The number of fused-ring (bicyclic) bond motifs is 1. The Morgan fingerprint density at radius 3 is 2.73 bits per heavy atom. The van der Waals surface area contributed by atoms with Crippen molar-refractivity contribution in [2.45, 2.75) is 84.3 Å². The van der Waals surface area contributed by atoms with Crippen LogP contribution in [0.3, 0.4) is 0 Å². The lowest BCUT2D eigenvalue weighted by Crippen LogP contribution is -2.40. The van der Waals surface area contributed by atoms with Gasteiger partial charge >= 0.3 is 0 Å². The third kappa shape index (κ3) is 5.51. The molecule has 0 radical (unpaired) electrons. The van der Waals surface area contributed by atoms with Crippen LogP contribution in [-0.2, 0) is 20.6 Å². The molecule has 1 aliphatic carbocycles. The van der Waals surface area contributed by atoms with Crippen molar-refractivity contribution in [1.82, 2.24) is 14.8 Å². The number of hydrogen-bond acceptors (Lipinski definition) is 7. The maximum Gasteiger partial charge on any atom is 0.230 e. The summed E-state index contributed by atoms with van der Waals surface area (Å²) in [7, 11) is -2.02. The van der Waals surface area contributed by atoms with Crippen molar-refractivity contribution in [1.29, 1.82) is 5.26 Å². The number of nitriles is 1. The fourth-order valence-electron chi connectivity index (χ4n) is 5.06. The Labute approximate surface area is 237 Å². The number of rotatable bonds is 7. The first-order valence-corrected chi connectivity index (χ1v) is 17.0. The Balaban J connectivity index is 1.53. The second-order valence-corrected chi connectivity index (χ2v) is 17.5. The molecule has 1 aromatic carbocycles. The van der Waals surface area contributed by atoms with E-state index in [2.05, 4.69) is 63.2 Å². The summed E-state index contributed by atoms with van der Waals surface area (Å²) in [5.41, 5.74) is 11.0. The minimum Gasteiger partial charge on any atom is -0.411 e. The Kier molecular flexibility index (Phi) is 7.50. The molecule has 40 heavy (non-hydrogen) atoms. The van der Waals surface area contributed by atoms with Crippen LogP contribution in [0.25, 0.3) is 21.9 Å². The van der Waals surface area contributed by atoms with Crippen LogP contribution in [0.5, 0.6) is 0 Å². The maximum atomic E-state index is 12.5. The van der Waals surface area contributed by atoms with Gasteiger partial charge in [0.1, 0.15) is 12.0 Å². The monoisotopic (exact) mass is 560 g/mol. The van der Waals surface area contributed by atoms with Gasteiger partial charge in [-0.15, -0.1) is 0 Å². The van der Waals surface area contributed by atoms with Gasteiger partial charge in [0.05, 0.1) is 30.2 Å². The fraction of sp³-hybridized carbons (Fsp3) is 0.533. The second kappa shape index (κ2) is 10.6. The van der Waals surface area contributed by atoms with E-state index in [9.17, 15) is 4.79 Å². The fourth-order valence-corrected chi connectivity index (χ4v) is 5.99. The number of carbonyl (C=O) groups excluding carboxylic acids is 1. The number of nitrogen functional groups attached to an aromatic ring is 1. The molecule has 2 aromatic heterocycles. The summed E-state index contributed by atoms with van der Waals surface area (Å²) in [6.45, 7) is 14.4. The average Bonchev–Trinajstić information content (AvgIpc) is 3.63. The van der Waals surface area contributed by atoms with E-state index in [1.807, 2.05) is 16.8 Å². The quantitative estimate of drug-likeness (QED) is 0.256. The van der Waals surface area contributed by atoms with Crippen LogP contribution in [-0.4, -0.2) is 35.6 Å². The number of nitrogens with two attached hydrogens (primary N) is 1. The van der Waals surface area contributed by atoms with Crippen LogP contribution in [0.4, 0.5) is 11.5 Å². The summed E-state index contributed by atoms with van der Waals surface area (Å²) >= 11 is 0. The molecule has 3 heterocycles. The standard InChI is InChI=1S/C30H40N6O3Si/c1-18-28(25(17-39-40(5,6)30(2,3)4)35-36(18)27-9-7-8-10-38-27)20-11-19-14-26(33-16-23(19)24(32)13-20)34-29(37)22-12-21(22)15-31/h11,13-14,16,21-22,27H,7-10,12,17,32H2,1-6H3,(H,33,34,37). The SMILES string of the molecule is Cc1c(-c2cc(N)c3cnc(NC(=O)C4CC4C#N)cc3c2)c(CO[Si](C)(C)C(C)(C)C)nn1C1CCCCO1. The molecular formula is C30H40N6O3Si. The topological polar surface area (TPSA) is 128 Å². The third-order valence-electron chi connectivity index (χ3n) is 8.73. The molecule has 2 aliphatic rings. The Morgan fingerprint density at radius 1 is 1.30 bits per heavy atom. The van der Waals surface area contributed by atoms with E-state index >= 15 is 0 Å². The highest BCUT2D eigenvalue weighted by molar-refractivity contribution is 6.74. The lowest BCUT2D eigenvalue weighted by Gasteiger charge is -2.36. The number of hydrogen-bond donors (Lipinski definition) is 2. The maximum absolute atomic E-state index is 12.5. The van der Waals surface area contributed by atoms with Crippen LogP contribution in [0.2, 0.25) is 18.1 Å². The van der Waals surface area contributed by atoms with E-state index in [1.165, 1.54) is 0 Å². The molecular weight excluding hydrogens is 520 g/mol. The molecule has 1 saturated heterocycles. The molecule has 5 rings (SSSR count). The van der Waals surface area contributed by atoms with Gasteiger partial charge < -0.3 is 20.2 Å². The molecule has 3 N–H and O–H groups in total. The summed E-state index contributed by atoms with van der Waals surface area (Å²) in [5.74, 6) is -0.195. The van der Waals surface area contributed by atoms with Crippen molar-refractivity contribution >= 4 is 36.5 Å². The van der Waals surface area contributed by atoms with Gasteiger partial charge in [0.2, 0.25) is 5.91 Å². The molecule has 1 amide bonds. The van der Waals surface area contributed by atoms with E-state index in [0.29, 0.717) is 24.5 Å². The molecule has 9 nitrogen and oxygen atoms in total. The van der Waals surface area contributed by atoms with Gasteiger partial charge in [-0.05, 0) is 79.9 Å². The number of amides is 1. The van der Waals surface area contributed by atoms with Crippen LogP contribution in [0.1, 0.15) is 64.1 Å². The minimum atomic E-state index is -2.02. The summed E-state index contributed by atoms with van der Waals surface area (Å²) in [4.78, 5) is 16.9. The summed E-state index contributed by atoms with van der Waals surface area (Å²) in [5, 5.41) is 18.7. The van der Waals surface area contributed by atoms with Gasteiger partial charge in [0.15, 0.2) is 8.32 Å². The minimum absolute atomic E-state index is 0.0756. The number of nitrogens with zero attached hydrogens (tertiary/aromatic N) is 4. The van der Waals surface area contributed by atoms with Crippen molar-refractivity contribution in [3.05, 3.63) is 35.8 Å². The highest BCUT2D eigenvalue weighted by Crippen LogP contribution is 2.41. The van der Waals surface area contributed by atoms with E-state index in [0.717, 1.165) is 59.2 Å². The number of carbonyl (C=O) groups is 1. The Bertz CT molecular complexity index is 1480. The van der Waals surface area contributed by atoms with Gasteiger partial charge in [-0.3, -0.25) is 4.79 Å². The first kappa shape index (κ1) is 28.3. The third-order valence-corrected chi connectivity index (χ3v) is 13.2. The summed E-state index contributed by atoms with van der Waals surface area (Å²) in [6, 6.07) is 8.04. The summed E-state index contributed by atoms with van der Waals surface area (Å²) in [6.07, 6.45) is 5.28. The number of pyridine rings is 1. The zero-order chi connectivity index (χ0) is 28.8. The molecule has 0 spiro atoms. The average molecular weight is 561 g/mol. The smallest absolute Gasteiger partial charge is 0.230 e. The van der Waals surface area contributed by atoms with Crippen molar-refractivity contribution in [3.8, 4) is 17.2 Å². The zero-order valence-electron chi connectivity index (χ0n) is 24.4. The molecule has 1 saturated carbocycles. The molecule has 3 aromatic rings. The Morgan fingerprint density at radius 2 is 2.08 bits per heavy atom.